The number of carboxylic acid groups (broad SMARTS) is 1. The van der Waals surface area contributed by atoms with Crippen molar-refractivity contribution >= 4 is 33.6 Å². The summed E-state index contributed by atoms with van der Waals surface area (Å²) >= 11 is 0. The summed E-state index contributed by atoms with van der Waals surface area (Å²) in [5, 5.41) is 13.5. The lowest BCUT2D eigenvalue weighted by molar-refractivity contribution is -0.148. The van der Waals surface area contributed by atoms with Crippen molar-refractivity contribution in [1.29, 1.82) is 0 Å². The molecule has 0 amide bonds. The molecule has 0 aliphatic heterocycles. The Morgan fingerprint density at radius 2 is 1.63 bits per heavy atom. The number of hydrogen-bond donors (Lipinski definition) is 3. The molecule has 0 saturated heterocycles. The van der Waals surface area contributed by atoms with E-state index in [1.165, 1.54) is 6.20 Å². The van der Waals surface area contributed by atoms with Crippen LogP contribution in [0.1, 0.15) is 25.7 Å². The zero-order valence-corrected chi connectivity index (χ0v) is 18.3. The summed E-state index contributed by atoms with van der Waals surface area (Å²) in [6.07, 6.45) is 4.82. The van der Waals surface area contributed by atoms with Gasteiger partial charge in [-0.05, 0) is 49.7 Å². The number of H-pyrrole nitrogens is 1. The molecule has 2 heterocycles. The first kappa shape index (κ1) is 21.8. The van der Waals surface area contributed by atoms with E-state index in [2.05, 4.69) is 20.3 Å². The number of hydrogen-bond acceptors (Lipinski definition) is 4. The van der Waals surface area contributed by atoms with Gasteiger partial charge in [0.25, 0.3) is 0 Å². The van der Waals surface area contributed by atoms with Crippen molar-refractivity contribution in [2.24, 2.45) is 17.8 Å². The Hall–Kier alpha value is -3.69. The number of halogens is 4. The summed E-state index contributed by atoms with van der Waals surface area (Å²) < 4.78 is 56.5. The molecule has 35 heavy (non-hydrogen) atoms. The highest BCUT2D eigenvalue weighted by Crippen LogP contribution is 2.47. The predicted molar refractivity (Wildman–Crippen MR) is 121 cm³/mol. The normalized spacial score (nSPS) is 23.8. The Balaban J connectivity index is 1.53. The van der Waals surface area contributed by atoms with E-state index in [4.69, 9.17) is 0 Å². The molecular weight excluding hydrogens is 464 g/mol. The average molecular weight is 484 g/mol. The summed E-state index contributed by atoms with van der Waals surface area (Å²) in [6.45, 7) is 0. The van der Waals surface area contributed by atoms with E-state index >= 15 is 0 Å². The van der Waals surface area contributed by atoms with Gasteiger partial charge in [-0.1, -0.05) is 0 Å². The second-order valence-electron chi connectivity index (χ2n) is 9.40. The number of nitrogens with zero attached hydrogens (tertiary/aromatic N) is 2. The number of aromatic amines is 1. The molecule has 0 radical (unpaired) electrons. The van der Waals surface area contributed by atoms with Crippen molar-refractivity contribution in [3.8, 4) is 11.4 Å². The highest BCUT2D eigenvalue weighted by molar-refractivity contribution is 5.97. The molecule has 4 aromatic rings. The smallest absolute Gasteiger partial charge is 0.308 e. The molecule has 10 heteroatoms. The van der Waals surface area contributed by atoms with Gasteiger partial charge in [0.2, 0.25) is 0 Å². The first-order valence-electron chi connectivity index (χ1n) is 11.4. The van der Waals surface area contributed by atoms with Gasteiger partial charge in [0.15, 0.2) is 17.5 Å². The van der Waals surface area contributed by atoms with Gasteiger partial charge in [0, 0.05) is 40.7 Å². The zero-order valence-electron chi connectivity index (χ0n) is 18.3. The largest absolute Gasteiger partial charge is 0.481 e. The summed E-state index contributed by atoms with van der Waals surface area (Å²) in [5.41, 5.74) is 0.406. The number of carboxylic acids is 1. The number of aromatic nitrogens is 3. The Bertz CT molecular complexity index is 1500. The van der Waals surface area contributed by atoms with E-state index in [1.807, 2.05) is 0 Å². The van der Waals surface area contributed by atoms with Crippen LogP contribution in [-0.2, 0) is 4.79 Å². The van der Waals surface area contributed by atoms with Crippen molar-refractivity contribution in [2.75, 3.05) is 5.32 Å². The Labute approximate surface area is 196 Å². The maximum absolute atomic E-state index is 14.2. The first-order chi connectivity index (χ1) is 16.8. The van der Waals surface area contributed by atoms with Crippen molar-refractivity contribution in [3.05, 3.63) is 53.7 Å². The Kier molecular flexibility index (Phi) is 4.94. The minimum Gasteiger partial charge on any atom is -0.481 e. The molecule has 3 aliphatic rings. The third-order valence-corrected chi connectivity index (χ3v) is 7.49. The minimum absolute atomic E-state index is 0.0244. The van der Waals surface area contributed by atoms with Gasteiger partial charge in [-0.2, -0.15) is 0 Å². The molecule has 180 valence electrons. The second kappa shape index (κ2) is 7.93. The summed E-state index contributed by atoms with van der Waals surface area (Å²) in [5.74, 6) is -5.02. The fourth-order valence-corrected chi connectivity index (χ4v) is 5.86. The molecule has 3 N–H and O–H groups in total. The lowest BCUT2D eigenvalue weighted by Gasteiger charge is -2.47. The molecule has 2 atom stereocenters. The van der Waals surface area contributed by atoms with Crippen LogP contribution in [0.5, 0.6) is 0 Å². The Morgan fingerprint density at radius 3 is 2.37 bits per heavy atom. The van der Waals surface area contributed by atoms with Gasteiger partial charge < -0.3 is 15.4 Å². The molecule has 3 fully saturated rings. The van der Waals surface area contributed by atoms with Crippen LogP contribution in [0, 0.1) is 41.0 Å². The molecule has 2 bridgehead atoms. The van der Waals surface area contributed by atoms with Crippen LogP contribution in [0.3, 0.4) is 0 Å². The number of benzene rings is 2. The molecule has 3 aliphatic carbocycles. The third-order valence-electron chi connectivity index (χ3n) is 7.49. The van der Waals surface area contributed by atoms with Crippen LogP contribution in [0.2, 0.25) is 0 Å². The van der Waals surface area contributed by atoms with E-state index in [9.17, 15) is 27.5 Å². The molecule has 2 aromatic carbocycles. The zero-order chi connectivity index (χ0) is 24.4. The van der Waals surface area contributed by atoms with Gasteiger partial charge in [-0.15, -0.1) is 0 Å². The Morgan fingerprint density at radius 1 is 0.914 bits per heavy atom. The molecule has 3 saturated carbocycles. The van der Waals surface area contributed by atoms with Crippen LogP contribution in [-0.4, -0.2) is 32.1 Å². The van der Waals surface area contributed by atoms with Crippen LogP contribution in [0.25, 0.3) is 33.2 Å². The molecule has 1 unspecified atom stereocenters. The SMILES string of the molecule is O=C(O)[C@@H]1C2CCC(CC2)C1Nc1nc(-c2c[nH]c3c(F)cc(F)cc23)nc2cc(F)c(F)cc12. The molecular formula is C25H20F4N4O2. The van der Waals surface area contributed by atoms with Crippen molar-refractivity contribution in [1.82, 2.24) is 15.0 Å². The van der Waals surface area contributed by atoms with Crippen LogP contribution in [0.15, 0.2) is 30.5 Å². The van der Waals surface area contributed by atoms with E-state index in [0.29, 0.717) is 0 Å². The number of nitrogens with one attached hydrogen (secondary N) is 2. The van der Waals surface area contributed by atoms with Crippen molar-refractivity contribution < 1.29 is 27.5 Å². The number of fused-ring (bicyclic) bond motifs is 5. The average Bonchev–Trinajstić information content (AvgIpc) is 3.25. The lowest BCUT2D eigenvalue weighted by atomic mass is 9.61. The first-order valence-corrected chi connectivity index (χ1v) is 11.4. The highest BCUT2D eigenvalue weighted by atomic mass is 19.2. The fraction of sp³-hybridized carbons (Fsp3) is 0.320. The number of carbonyl (C=O) groups is 1. The fourth-order valence-electron chi connectivity index (χ4n) is 5.86. The molecule has 0 spiro atoms. The monoisotopic (exact) mass is 484 g/mol. The van der Waals surface area contributed by atoms with Crippen molar-refractivity contribution in [2.45, 2.75) is 31.7 Å². The number of anilines is 1. The molecule has 2 aromatic heterocycles. The summed E-state index contributed by atoms with van der Waals surface area (Å²) in [6, 6.07) is 3.34. The van der Waals surface area contributed by atoms with Gasteiger partial charge >= 0.3 is 5.97 Å². The van der Waals surface area contributed by atoms with E-state index in [0.717, 1.165) is 49.9 Å². The topological polar surface area (TPSA) is 90.9 Å². The van der Waals surface area contributed by atoms with Gasteiger partial charge in [0.05, 0.1) is 17.0 Å². The minimum atomic E-state index is -1.11. The van der Waals surface area contributed by atoms with E-state index in [1.54, 1.807) is 0 Å². The van der Waals surface area contributed by atoms with E-state index in [-0.39, 0.29) is 50.8 Å². The highest BCUT2D eigenvalue weighted by Gasteiger charge is 2.47. The molecule has 6 nitrogen and oxygen atoms in total. The van der Waals surface area contributed by atoms with Gasteiger partial charge in [-0.3, -0.25) is 4.79 Å². The van der Waals surface area contributed by atoms with Crippen LogP contribution in [0.4, 0.5) is 23.4 Å². The second-order valence-corrected chi connectivity index (χ2v) is 9.40. The summed E-state index contributed by atoms with van der Waals surface area (Å²) in [7, 11) is 0. The maximum atomic E-state index is 14.2. The van der Waals surface area contributed by atoms with Gasteiger partial charge in [0.1, 0.15) is 17.5 Å². The predicted octanol–water partition coefficient (Wildman–Crippen LogP) is 5.64. The van der Waals surface area contributed by atoms with Crippen LogP contribution >= 0.6 is 0 Å². The van der Waals surface area contributed by atoms with Gasteiger partial charge in [-0.25, -0.2) is 27.5 Å². The van der Waals surface area contributed by atoms with Crippen molar-refractivity contribution in [3.63, 3.8) is 0 Å². The maximum Gasteiger partial charge on any atom is 0.308 e. The lowest BCUT2D eigenvalue weighted by Crippen LogP contribution is -2.51. The third kappa shape index (κ3) is 3.50. The summed E-state index contributed by atoms with van der Waals surface area (Å²) in [4.78, 5) is 23.7. The molecule has 7 rings (SSSR count). The number of aliphatic carboxylic acids is 1. The van der Waals surface area contributed by atoms with E-state index < -0.39 is 41.2 Å². The standard InChI is InChI=1S/C25H20F4N4O2/c26-12-5-13-15(9-30-22(13)18(29)6-12)24-31-19-8-17(28)16(27)7-14(19)23(33-24)32-21-11-3-1-10(2-4-11)20(21)25(34)35/h5-11,20-21,30H,1-4H2,(H,34,35)(H,31,32,33)/t10?,11?,20-,21?/m1/s1. The quantitative estimate of drug-likeness (QED) is 0.327. The van der Waals surface area contributed by atoms with Crippen LogP contribution < -0.4 is 5.32 Å². The number of rotatable bonds is 4.